The molecule has 0 radical (unpaired) electrons. The summed E-state index contributed by atoms with van der Waals surface area (Å²) in [6.45, 7) is 4.57. The smallest absolute Gasteiger partial charge is 0.118 e. The van der Waals surface area contributed by atoms with Crippen LogP contribution in [-0.4, -0.2) is 7.11 Å². The third kappa shape index (κ3) is 4.26. The Labute approximate surface area is 99.8 Å². The average molecular weight is 220 g/mol. The van der Waals surface area contributed by atoms with E-state index in [1.807, 2.05) is 0 Å². The number of benzene rings is 1. The minimum Gasteiger partial charge on any atom is -0.497 e. The standard InChI is InChI=1S/C15H24O/c1-4-5-6-7-8-13(2)14-9-11-15(16-3)12-10-14/h9-13H,4-8H2,1-3H3/t13-/m1/s1. The molecule has 0 aromatic heterocycles. The largest absolute Gasteiger partial charge is 0.497 e. The molecule has 0 saturated carbocycles. The zero-order chi connectivity index (χ0) is 11.8. The molecule has 0 fully saturated rings. The zero-order valence-corrected chi connectivity index (χ0v) is 10.8. The van der Waals surface area contributed by atoms with Gasteiger partial charge in [-0.2, -0.15) is 0 Å². The van der Waals surface area contributed by atoms with E-state index in [1.165, 1.54) is 37.7 Å². The minimum atomic E-state index is 0.669. The third-order valence-corrected chi connectivity index (χ3v) is 3.18. The van der Waals surface area contributed by atoms with Crippen molar-refractivity contribution in [3.05, 3.63) is 29.8 Å². The van der Waals surface area contributed by atoms with Gasteiger partial charge in [-0.3, -0.25) is 0 Å². The van der Waals surface area contributed by atoms with Crippen LogP contribution in [0, 0.1) is 0 Å². The summed E-state index contributed by atoms with van der Waals surface area (Å²) in [5.74, 6) is 1.62. The van der Waals surface area contributed by atoms with Crippen molar-refractivity contribution < 1.29 is 4.74 Å². The fourth-order valence-electron chi connectivity index (χ4n) is 1.98. The number of hydrogen-bond acceptors (Lipinski definition) is 1. The molecule has 1 atom stereocenters. The molecule has 0 unspecified atom stereocenters. The van der Waals surface area contributed by atoms with Gasteiger partial charge in [0.05, 0.1) is 7.11 Å². The second-order valence-corrected chi connectivity index (χ2v) is 4.52. The highest BCUT2D eigenvalue weighted by Gasteiger charge is 2.04. The van der Waals surface area contributed by atoms with Crippen molar-refractivity contribution in [2.75, 3.05) is 7.11 Å². The van der Waals surface area contributed by atoms with E-state index in [2.05, 4.69) is 38.1 Å². The van der Waals surface area contributed by atoms with Gasteiger partial charge < -0.3 is 4.74 Å². The van der Waals surface area contributed by atoms with Crippen molar-refractivity contribution in [3.8, 4) is 5.75 Å². The van der Waals surface area contributed by atoms with Gasteiger partial charge >= 0.3 is 0 Å². The average Bonchev–Trinajstić information content (AvgIpc) is 2.34. The van der Waals surface area contributed by atoms with Crippen LogP contribution in [0.1, 0.15) is 57.4 Å². The second-order valence-electron chi connectivity index (χ2n) is 4.52. The van der Waals surface area contributed by atoms with E-state index in [0.717, 1.165) is 5.75 Å². The Hall–Kier alpha value is -0.980. The monoisotopic (exact) mass is 220 g/mol. The van der Waals surface area contributed by atoms with E-state index in [1.54, 1.807) is 7.11 Å². The van der Waals surface area contributed by atoms with Crippen LogP contribution in [0.2, 0.25) is 0 Å². The maximum absolute atomic E-state index is 5.16. The number of rotatable bonds is 7. The lowest BCUT2D eigenvalue weighted by Gasteiger charge is -2.12. The molecule has 1 aromatic carbocycles. The van der Waals surface area contributed by atoms with Crippen molar-refractivity contribution in [2.45, 2.75) is 51.9 Å². The Bertz CT molecular complexity index is 276. The first-order valence-electron chi connectivity index (χ1n) is 6.42. The minimum absolute atomic E-state index is 0.669. The van der Waals surface area contributed by atoms with Crippen LogP contribution in [0.4, 0.5) is 0 Å². The predicted molar refractivity (Wildman–Crippen MR) is 70.2 cm³/mol. The van der Waals surface area contributed by atoms with Crippen molar-refractivity contribution in [1.29, 1.82) is 0 Å². The molecule has 0 N–H and O–H groups in total. The van der Waals surface area contributed by atoms with E-state index in [0.29, 0.717) is 5.92 Å². The Balaban J connectivity index is 2.37. The molecule has 0 heterocycles. The van der Waals surface area contributed by atoms with Crippen molar-refractivity contribution in [2.24, 2.45) is 0 Å². The Morgan fingerprint density at radius 3 is 2.31 bits per heavy atom. The van der Waals surface area contributed by atoms with Gasteiger partial charge in [0.25, 0.3) is 0 Å². The van der Waals surface area contributed by atoms with Crippen LogP contribution < -0.4 is 4.74 Å². The van der Waals surface area contributed by atoms with Gasteiger partial charge in [0, 0.05) is 0 Å². The van der Waals surface area contributed by atoms with Gasteiger partial charge in [0.2, 0.25) is 0 Å². The maximum Gasteiger partial charge on any atom is 0.118 e. The normalized spacial score (nSPS) is 12.4. The molecular formula is C15H24O. The molecule has 0 amide bonds. The Morgan fingerprint density at radius 2 is 1.75 bits per heavy atom. The molecule has 0 aliphatic heterocycles. The van der Waals surface area contributed by atoms with Gasteiger partial charge in [-0.1, -0.05) is 51.7 Å². The van der Waals surface area contributed by atoms with Gasteiger partial charge in [-0.25, -0.2) is 0 Å². The molecule has 16 heavy (non-hydrogen) atoms. The first-order chi connectivity index (χ1) is 7.77. The summed E-state index contributed by atoms with van der Waals surface area (Å²) in [4.78, 5) is 0. The highest BCUT2D eigenvalue weighted by molar-refractivity contribution is 5.28. The highest BCUT2D eigenvalue weighted by atomic mass is 16.5. The van der Waals surface area contributed by atoms with Crippen LogP contribution in [0.25, 0.3) is 0 Å². The number of hydrogen-bond donors (Lipinski definition) is 0. The summed E-state index contributed by atoms with van der Waals surface area (Å²) >= 11 is 0. The molecule has 0 bridgehead atoms. The third-order valence-electron chi connectivity index (χ3n) is 3.18. The van der Waals surface area contributed by atoms with Crippen molar-refractivity contribution in [3.63, 3.8) is 0 Å². The first-order valence-corrected chi connectivity index (χ1v) is 6.42. The van der Waals surface area contributed by atoms with E-state index in [4.69, 9.17) is 4.74 Å². The lowest BCUT2D eigenvalue weighted by molar-refractivity contribution is 0.414. The number of ether oxygens (including phenoxy) is 1. The molecule has 0 spiro atoms. The first kappa shape index (κ1) is 13.1. The highest BCUT2D eigenvalue weighted by Crippen LogP contribution is 2.23. The summed E-state index contributed by atoms with van der Waals surface area (Å²) in [7, 11) is 1.71. The van der Waals surface area contributed by atoms with Crippen molar-refractivity contribution >= 4 is 0 Å². The Morgan fingerprint density at radius 1 is 1.06 bits per heavy atom. The second kappa shape index (κ2) is 7.32. The molecule has 1 rings (SSSR count). The van der Waals surface area contributed by atoms with Gasteiger partial charge in [0.15, 0.2) is 0 Å². The van der Waals surface area contributed by atoms with Crippen LogP contribution in [0.15, 0.2) is 24.3 Å². The van der Waals surface area contributed by atoms with Crippen LogP contribution in [-0.2, 0) is 0 Å². The lowest BCUT2D eigenvalue weighted by Crippen LogP contribution is -1.94. The quantitative estimate of drug-likeness (QED) is 0.601. The van der Waals surface area contributed by atoms with Crippen LogP contribution in [0.3, 0.4) is 0 Å². The summed E-state index contributed by atoms with van der Waals surface area (Å²) < 4.78 is 5.16. The van der Waals surface area contributed by atoms with Crippen LogP contribution >= 0.6 is 0 Å². The molecule has 0 aliphatic carbocycles. The lowest BCUT2D eigenvalue weighted by atomic mass is 9.95. The molecule has 0 aliphatic rings. The summed E-state index contributed by atoms with van der Waals surface area (Å²) in [5.41, 5.74) is 1.43. The SMILES string of the molecule is CCCCCC[C@@H](C)c1ccc(OC)cc1. The van der Waals surface area contributed by atoms with Gasteiger partial charge in [-0.15, -0.1) is 0 Å². The zero-order valence-electron chi connectivity index (χ0n) is 10.8. The number of unbranched alkanes of at least 4 members (excludes halogenated alkanes) is 3. The van der Waals surface area contributed by atoms with Gasteiger partial charge in [0.1, 0.15) is 5.75 Å². The predicted octanol–water partition coefficient (Wildman–Crippen LogP) is 4.77. The molecular weight excluding hydrogens is 196 g/mol. The molecule has 1 nitrogen and oxygen atoms in total. The molecule has 1 aromatic rings. The summed E-state index contributed by atoms with van der Waals surface area (Å²) in [6.07, 6.45) is 6.70. The Kier molecular flexibility index (Phi) is 5.99. The summed E-state index contributed by atoms with van der Waals surface area (Å²) in [6, 6.07) is 8.47. The fourth-order valence-corrected chi connectivity index (χ4v) is 1.98. The van der Waals surface area contributed by atoms with E-state index < -0.39 is 0 Å². The summed E-state index contributed by atoms with van der Waals surface area (Å²) in [5, 5.41) is 0. The van der Waals surface area contributed by atoms with Crippen molar-refractivity contribution in [1.82, 2.24) is 0 Å². The number of methoxy groups -OCH3 is 1. The molecule has 1 heteroatoms. The molecule has 0 saturated heterocycles. The topological polar surface area (TPSA) is 9.23 Å². The maximum atomic E-state index is 5.16. The van der Waals surface area contributed by atoms with E-state index in [9.17, 15) is 0 Å². The fraction of sp³-hybridized carbons (Fsp3) is 0.600. The molecule has 90 valence electrons. The van der Waals surface area contributed by atoms with E-state index >= 15 is 0 Å². The van der Waals surface area contributed by atoms with E-state index in [-0.39, 0.29) is 0 Å². The van der Waals surface area contributed by atoms with Gasteiger partial charge in [-0.05, 0) is 30.0 Å². The van der Waals surface area contributed by atoms with Crippen LogP contribution in [0.5, 0.6) is 5.75 Å².